The molecule has 2 saturated heterocycles. The average molecular weight is 435 g/mol. The van der Waals surface area contributed by atoms with Gasteiger partial charge in [0.15, 0.2) is 11.5 Å². The molecule has 6 nitrogen and oxygen atoms in total. The number of ether oxygens (including phenoxy) is 1. The maximum absolute atomic E-state index is 6.25. The molecule has 3 aromatic rings. The number of oxazole rings is 1. The van der Waals surface area contributed by atoms with Gasteiger partial charge in [-0.2, -0.15) is 0 Å². The lowest BCUT2D eigenvalue weighted by atomic mass is 9.97. The van der Waals surface area contributed by atoms with Gasteiger partial charge in [0, 0.05) is 57.3 Å². The Bertz CT molecular complexity index is 979. The maximum atomic E-state index is 6.25. The molecule has 0 spiro atoms. The molecule has 2 aliphatic rings. The third kappa shape index (κ3) is 5.14. The normalized spacial score (nSPS) is 21.2. The van der Waals surface area contributed by atoms with Gasteiger partial charge in [-0.3, -0.25) is 9.80 Å². The minimum atomic E-state index is 0.349. The van der Waals surface area contributed by atoms with E-state index < -0.39 is 0 Å². The molecule has 170 valence electrons. The first kappa shape index (κ1) is 21.4. The molecule has 0 radical (unpaired) electrons. The van der Waals surface area contributed by atoms with Gasteiger partial charge < -0.3 is 14.1 Å². The zero-order valence-electron chi connectivity index (χ0n) is 19.1. The third-order valence-corrected chi connectivity index (χ3v) is 6.79. The van der Waals surface area contributed by atoms with Crippen molar-refractivity contribution in [1.29, 1.82) is 0 Å². The molecule has 3 heterocycles. The average Bonchev–Trinajstić information content (AvgIpc) is 3.26. The predicted molar refractivity (Wildman–Crippen MR) is 127 cm³/mol. The minimum absolute atomic E-state index is 0.349. The highest BCUT2D eigenvalue weighted by molar-refractivity contribution is 5.72. The van der Waals surface area contributed by atoms with Gasteiger partial charge in [0.2, 0.25) is 0 Å². The van der Waals surface area contributed by atoms with Crippen molar-refractivity contribution in [3.05, 3.63) is 60.0 Å². The summed E-state index contributed by atoms with van der Waals surface area (Å²) in [7, 11) is 2.19. The standard InChI is InChI=1S/C26H34N4O2/c1-28-13-15-29(16-14-28)17-18-31-24-10-4-2-7-21(24)19-30-12-6-8-22(20-30)26-27-23-9-3-5-11-25(23)32-26/h2-5,7,9-11,22H,6,8,12-20H2,1H3. The van der Waals surface area contributed by atoms with Gasteiger partial charge in [-0.15, -0.1) is 0 Å². The van der Waals surface area contributed by atoms with E-state index in [9.17, 15) is 0 Å². The molecule has 2 aliphatic heterocycles. The summed E-state index contributed by atoms with van der Waals surface area (Å²) in [6.45, 7) is 9.27. The molecule has 1 aromatic heterocycles. The number of piperidine rings is 1. The first-order chi connectivity index (χ1) is 15.7. The quantitative estimate of drug-likeness (QED) is 0.563. The van der Waals surface area contributed by atoms with Crippen molar-refractivity contribution in [3.63, 3.8) is 0 Å². The molecule has 0 amide bonds. The second-order valence-electron chi connectivity index (χ2n) is 9.20. The molecule has 6 heteroatoms. The fourth-order valence-corrected chi connectivity index (χ4v) is 4.84. The largest absolute Gasteiger partial charge is 0.492 e. The van der Waals surface area contributed by atoms with E-state index in [0.717, 1.165) is 94.5 Å². The molecule has 1 unspecified atom stereocenters. The van der Waals surface area contributed by atoms with Crippen LogP contribution >= 0.6 is 0 Å². The van der Waals surface area contributed by atoms with Crippen LogP contribution in [0.25, 0.3) is 11.1 Å². The fraction of sp³-hybridized carbons (Fsp3) is 0.500. The molecule has 1 atom stereocenters. The summed E-state index contributed by atoms with van der Waals surface area (Å²) >= 11 is 0. The van der Waals surface area contributed by atoms with E-state index >= 15 is 0 Å². The van der Waals surface area contributed by atoms with Crippen molar-refractivity contribution in [1.82, 2.24) is 19.7 Å². The molecule has 5 rings (SSSR count). The van der Waals surface area contributed by atoms with Crippen LogP contribution in [0.5, 0.6) is 5.75 Å². The first-order valence-corrected chi connectivity index (χ1v) is 11.9. The number of benzene rings is 2. The third-order valence-electron chi connectivity index (χ3n) is 6.79. The van der Waals surface area contributed by atoms with Gasteiger partial charge in [-0.1, -0.05) is 30.3 Å². The van der Waals surface area contributed by atoms with Gasteiger partial charge >= 0.3 is 0 Å². The van der Waals surface area contributed by atoms with Gasteiger partial charge in [0.25, 0.3) is 0 Å². The summed E-state index contributed by atoms with van der Waals surface area (Å²) in [6, 6.07) is 16.6. The second-order valence-corrected chi connectivity index (χ2v) is 9.20. The second kappa shape index (κ2) is 10.0. The Labute approximate surface area is 190 Å². The van der Waals surface area contributed by atoms with Crippen LogP contribution in [0, 0.1) is 0 Å². The van der Waals surface area contributed by atoms with Crippen LogP contribution < -0.4 is 4.74 Å². The number of likely N-dealkylation sites (N-methyl/N-ethyl adjacent to an activating group) is 1. The number of nitrogens with zero attached hydrogens (tertiary/aromatic N) is 4. The van der Waals surface area contributed by atoms with E-state index in [2.05, 4.69) is 46.0 Å². The van der Waals surface area contributed by atoms with E-state index in [1.165, 1.54) is 5.56 Å². The van der Waals surface area contributed by atoms with Crippen LogP contribution in [0.4, 0.5) is 0 Å². The predicted octanol–water partition coefficient (Wildman–Crippen LogP) is 3.83. The lowest BCUT2D eigenvalue weighted by molar-refractivity contribution is 0.132. The van der Waals surface area contributed by atoms with E-state index in [0.29, 0.717) is 5.92 Å². The number of hydrogen-bond donors (Lipinski definition) is 0. The maximum Gasteiger partial charge on any atom is 0.199 e. The van der Waals surface area contributed by atoms with Crippen LogP contribution in [0.2, 0.25) is 0 Å². The molecule has 0 bridgehead atoms. The summed E-state index contributed by atoms with van der Waals surface area (Å²) < 4.78 is 12.3. The topological polar surface area (TPSA) is 45.0 Å². The highest BCUT2D eigenvalue weighted by Crippen LogP contribution is 2.30. The molecule has 0 N–H and O–H groups in total. The minimum Gasteiger partial charge on any atom is -0.492 e. The van der Waals surface area contributed by atoms with Gasteiger partial charge in [-0.25, -0.2) is 4.98 Å². The Kier molecular flexibility index (Phi) is 6.72. The Hall–Kier alpha value is -2.41. The van der Waals surface area contributed by atoms with E-state index in [-0.39, 0.29) is 0 Å². The lowest BCUT2D eigenvalue weighted by Crippen LogP contribution is -2.45. The number of piperazine rings is 1. The highest BCUT2D eigenvalue weighted by atomic mass is 16.5. The monoisotopic (exact) mass is 434 g/mol. The molecular formula is C26H34N4O2. The molecule has 2 aromatic carbocycles. The van der Waals surface area contributed by atoms with Crippen LogP contribution in [-0.4, -0.2) is 79.2 Å². The van der Waals surface area contributed by atoms with E-state index in [1.54, 1.807) is 0 Å². The summed E-state index contributed by atoms with van der Waals surface area (Å²) in [5.74, 6) is 2.25. The fourth-order valence-electron chi connectivity index (χ4n) is 4.84. The number of hydrogen-bond acceptors (Lipinski definition) is 6. The van der Waals surface area contributed by atoms with Gasteiger partial charge in [-0.05, 0) is 44.6 Å². The summed E-state index contributed by atoms with van der Waals surface area (Å²) in [6.07, 6.45) is 2.29. The van der Waals surface area contributed by atoms with Crippen molar-refractivity contribution < 1.29 is 9.15 Å². The van der Waals surface area contributed by atoms with Crippen LogP contribution in [0.15, 0.2) is 52.9 Å². The Morgan fingerprint density at radius 2 is 1.78 bits per heavy atom. The van der Waals surface area contributed by atoms with Crippen molar-refractivity contribution in [2.24, 2.45) is 0 Å². The Morgan fingerprint density at radius 3 is 2.66 bits per heavy atom. The van der Waals surface area contributed by atoms with Crippen molar-refractivity contribution >= 4 is 11.1 Å². The van der Waals surface area contributed by atoms with Crippen molar-refractivity contribution in [2.75, 3.05) is 59.5 Å². The number of likely N-dealkylation sites (tertiary alicyclic amines) is 1. The van der Waals surface area contributed by atoms with E-state index in [1.807, 2.05) is 24.3 Å². The van der Waals surface area contributed by atoms with Gasteiger partial charge in [0.1, 0.15) is 17.9 Å². The smallest absolute Gasteiger partial charge is 0.199 e. The van der Waals surface area contributed by atoms with Crippen molar-refractivity contribution in [3.8, 4) is 5.75 Å². The summed E-state index contributed by atoms with van der Waals surface area (Å²) in [4.78, 5) is 12.2. The van der Waals surface area contributed by atoms with Crippen LogP contribution in [0.1, 0.15) is 30.2 Å². The summed E-state index contributed by atoms with van der Waals surface area (Å²) in [5.41, 5.74) is 3.11. The first-order valence-electron chi connectivity index (χ1n) is 11.9. The van der Waals surface area contributed by atoms with E-state index in [4.69, 9.17) is 14.1 Å². The van der Waals surface area contributed by atoms with Gasteiger partial charge in [0.05, 0.1) is 0 Å². The highest BCUT2D eigenvalue weighted by Gasteiger charge is 2.26. The zero-order valence-corrected chi connectivity index (χ0v) is 19.1. The lowest BCUT2D eigenvalue weighted by Gasteiger charge is -2.32. The van der Waals surface area contributed by atoms with Crippen molar-refractivity contribution in [2.45, 2.75) is 25.3 Å². The number of fused-ring (bicyclic) bond motifs is 1. The summed E-state index contributed by atoms with van der Waals surface area (Å²) in [5, 5.41) is 0. The van der Waals surface area contributed by atoms with Crippen LogP contribution in [-0.2, 0) is 6.54 Å². The van der Waals surface area contributed by atoms with Crippen LogP contribution in [0.3, 0.4) is 0 Å². The molecule has 0 saturated carbocycles. The molecule has 2 fully saturated rings. The number of aromatic nitrogens is 1. The zero-order chi connectivity index (χ0) is 21.8. The number of rotatable bonds is 7. The molecule has 32 heavy (non-hydrogen) atoms. The SMILES string of the molecule is CN1CCN(CCOc2ccccc2CN2CCCC(c3nc4ccccc4o3)C2)CC1. The molecular weight excluding hydrogens is 400 g/mol. The number of para-hydroxylation sites is 3. The Balaban J connectivity index is 1.18. The Morgan fingerprint density at radius 1 is 0.969 bits per heavy atom. The molecule has 0 aliphatic carbocycles.